The van der Waals surface area contributed by atoms with Crippen LogP contribution in [0.1, 0.15) is 40.0 Å². The van der Waals surface area contributed by atoms with Crippen LogP contribution in [0.5, 0.6) is 5.75 Å². The van der Waals surface area contributed by atoms with Gasteiger partial charge in [-0.1, -0.05) is 13.3 Å². The molecule has 0 atom stereocenters. The summed E-state index contributed by atoms with van der Waals surface area (Å²) in [6.07, 6.45) is 3.23. The lowest BCUT2D eigenvalue weighted by atomic mass is 10.3. The first-order valence-corrected chi connectivity index (χ1v) is 10.1. The number of benzene rings is 1. The maximum Gasteiger partial charge on any atom is 0.232 e. The fraction of sp³-hybridized carbons (Fsp3) is 0.588. The SMILES string of the molecule is CCCCNC(=O)CCN(c1ccc(OC(C)C)cc1)S(C)(=O)=O. The molecular formula is C17H28N2O4S. The molecule has 0 spiro atoms. The molecule has 0 saturated heterocycles. The van der Waals surface area contributed by atoms with E-state index in [-0.39, 0.29) is 25.0 Å². The molecule has 1 N–H and O–H groups in total. The normalized spacial score (nSPS) is 11.4. The number of unbranched alkanes of at least 4 members (excludes halogenated alkanes) is 1. The number of hydrogen-bond donors (Lipinski definition) is 1. The van der Waals surface area contributed by atoms with Crippen LogP contribution in [0.25, 0.3) is 0 Å². The largest absolute Gasteiger partial charge is 0.491 e. The number of carbonyl (C=O) groups excluding carboxylic acids is 1. The Balaban J connectivity index is 2.74. The van der Waals surface area contributed by atoms with Crippen molar-refractivity contribution in [3.8, 4) is 5.75 Å². The molecule has 0 saturated carbocycles. The van der Waals surface area contributed by atoms with E-state index in [1.54, 1.807) is 24.3 Å². The Morgan fingerprint density at radius 1 is 1.25 bits per heavy atom. The molecule has 1 rings (SSSR count). The van der Waals surface area contributed by atoms with E-state index in [1.165, 1.54) is 4.31 Å². The molecule has 7 heteroatoms. The van der Waals surface area contributed by atoms with Crippen LogP contribution < -0.4 is 14.4 Å². The Morgan fingerprint density at radius 3 is 2.38 bits per heavy atom. The molecule has 1 amide bonds. The monoisotopic (exact) mass is 356 g/mol. The summed E-state index contributed by atoms with van der Waals surface area (Å²) < 4.78 is 30.9. The van der Waals surface area contributed by atoms with Crippen LogP contribution >= 0.6 is 0 Å². The number of sulfonamides is 1. The zero-order valence-electron chi connectivity index (χ0n) is 14.9. The van der Waals surface area contributed by atoms with Crippen molar-refractivity contribution in [2.75, 3.05) is 23.7 Å². The van der Waals surface area contributed by atoms with Crippen molar-refractivity contribution in [1.82, 2.24) is 5.32 Å². The van der Waals surface area contributed by atoms with Gasteiger partial charge in [0.15, 0.2) is 0 Å². The van der Waals surface area contributed by atoms with E-state index in [4.69, 9.17) is 4.74 Å². The quantitative estimate of drug-likeness (QED) is 0.654. The van der Waals surface area contributed by atoms with E-state index < -0.39 is 10.0 Å². The van der Waals surface area contributed by atoms with Crippen molar-refractivity contribution in [2.24, 2.45) is 0 Å². The van der Waals surface area contributed by atoms with Crippen molar-refractivity contribution in [2.45, 2.75) is 46.1 Å². The van der Waals surface area contributed by atoms with Crippen LogP contribution in [-0.2, 0) is 14.8 Å². The highest BCUT2D eigenvalue weighted by molar-refractivity contribution is 7.92. The second kappa shape index (κ2) is 9.52. The van der Waals surface area contributed by atoms with Crippen LogP contribution in [0.4, 0.5) is 5.69 Å². The predicted octanol–water partition coefficient (Wildman–Crippen LogP) is 2.55. The molecular weight excluding hydrogens is 328 g/mol. The van der Waals surface area contributed by atoms with E-state index in [2.05, 4.69) is 5.32 Å². The maximum absolute atomic E-state index is 12.0. The first kappa shape index (κ1) is 20.3. The molecule has 1 aromatic rings. The van der Waals surface area contributed by atoms with Gasteiger partial charge in [0, 0.05) is 19.5 Å². The molecule has 0 aliphatic heterocycles. The van der Waals surface area contributed by atoms with E-state index in [0.717, 1.165) is 19.1 Å². The van der Waals surface area contributed by atoms with Crippen molar-refractivity contribution >= 4 is 21.6 Å². The van der Waals surface area contributed by atoms with Gasteiger partial charge in [-0.3, -0.25) is 9.10 Å². The number of nitrogens with zero attached hydrogens (tertiary/aromatic N) is 1. The van der Waals surface area contributed by atoms with Gasteiger partial charge in [0.2, 0.25) is 15.9 Å². The molecule has 0 heterocycles. The fourth-order valence-corrected chi connectivity index (χ4v) is 3.07. The highest BCUT2D eigenvalue weighted by Crippen LogP contribution is 2.22. The van der Waals surface area contributed by atoms with Crippen molar-refractivity contribution in [3.63, 3.8) is 0 Å². The van der Waals surface area contributed by atoms with Crippen LogP contribution in [0.3, 0.4) is 0 Å². The van der Waals surface area contributed by atoms with Gasteiger partial charge < -0.3 is 10.1 Å². The molecule has 136 valence electrons. The maximum atomic E-state index is 12.0. The van der Waals surface area contributed by atoms with Gasteiger partial charge in [0.05, 0.1) is 18.0 Å². The number of hydrogen-bond acceptors (Lipinski definition) is 4. The second-order valence-electron chi connectivity index (χ2n) is 5.95. The van der Waals surface area contributed by atoms with E-state index in [1.807, 2.05) is 20.8 Å². The molecule has 6 nitrogen and oxygen atoms in total. The third-order valence-corrected chi connectivity index (χ3v) is 4.49. The van der Waals surface area contributed by atoms with Gasteiger partial charge in [0.25, 0.3) is 0 Å². The molecule has 0 fully saturated rings. The zero-order valence-corrected chi connectivity index (χ0v) is 15.7. The van der Waals surface area contributed by atoms with Crippen LogP contribution in [-0.4, -0.2) is 39.8 Å². The number of amides is 1. The van der Waals surface area contributed by atoms with E-state index in [0.29, 0.717) is 18.0 Å². The summed E-state index contributed by atoms with van der Waals surface area (Å²) in [7, 11) is -3.46. The molecule has 24 heavy (non-hydrogen) atoms. The highest BCUT2D eigenvalue weighted by atomic mass is 32.2. The molecule has 0 radical (unpaired) electrons. The van der Waals surface area contributed by atoms with Gasteiger partial charge in [0.1, 0.15) is 5.75 Å². The third kappa shape index (κ3) is 7.21. The minimum Gasteiger partial charge on any atom is -0.491 e. The van der Waals surface area contributed by atoms with Gasteiger partial charge >= 0.3 is 0 Å². The minimum absolute atomic E-state index is 0.0497. The van der Waals surface area contributed by atoms with Crippen molar-refractivity contribution in [1.29, 1.82) is 0 Å². The standard InChI is InChI=1S/C17H28N2O4S/c1-5-6-12-18-17(20)11-13-19(24(4,21)22)15-7-9-16(10-8-15)23-14(2)3/h7-10,14H,5-6,11-13H2,1-4H3,(H,18,20). The summed E-state index contributed by atoms with van der Waals surface area (Å²) in [5, 5.41) is 2.79. The molecule has 0 aromatic heterocycles. The summed E-state index contributed by atoms with van der Waals surface area (Å²) in [5.74, 6) is 0.538. The summed E-state index contributed by atoms with van der Waals surface area (Å²) in [6.45, 7) is 6.63. The first-order valence-electron chi connectivity index (χ1n) is 8.25. The summed E-state index contributed by atoms with van der Waals surface area (Å²) in [6, 6.07) is 6.84. The summed E-state index contributed by atoms with van der Waals surface area (Å²) in [5.41, 5.74) is 0.523. The Morgan fingerprint density at radius 2 is 1.88 bits per heavy atom. The van der Waals surface area contributed by atoms with Crippen molar-refractivity contribution in [3.05, 3.63) is 24.3 Å². The number of nitrogens with one attached hydrogen (secondary N) is 1. The van der Waals surface area contributed by atoms with Crippen molar-refractivity contribution < 1.29 is 17.9 Å². The number of ether oxygens (including phenoxy) is 1. The number of rotatable bonds is 10. The lowest BCUT2D eigenvalue weighted by Gasteiger charge is -2.22. The van der Waals surface area contributed by atoms with Crippen LogP contribution in [0, 0.1) is 0 Å². The fourth-order valence-electron chi connectivity index (χ4n) is 2.15. The Bertz CT molecular complexity index is 612. The van der Waals surface area contributed by atoms with Gasteiger partial charge in [-0.25, -0.2) is 8.42 Å². The third-order valence-electron chi connectivity index (χ3n) is 3.29. The summed E-state index contributed by atoms with van der Waals surface area (Å²) >= 11 is 0. The van der Waals surface area contributed by atoms with E-state index >= 15 is 0 Å². The van der Waals surface area contributed by atoms with Gasteiger partial charge in [-0.15, -0.1) is 0 Å². The van der Waals surface area contributed by atoms with Gasteiger partial charge in [-0.2, -0.15) is 0 Å². The predicted molar refractivity (Wildman–Crippen MR) is 96.9 cm³/mol. The Kier molecular flexibility index (Phi) is 8.04. The first-order chi connectivity index (χ1) is 11.2. The lowest BCUT2D eigenvalue weighted by molar-refractivity contribution is -0.120. The number of anilines is 1. The van der Waals surface area contributed by atoms with Gasteiger partial charge in [-0.05, 0) is 44.5 Å². The highest BCUT2D eigenvalue weighted by Gasteiger charge is 2.18. The Labute approximate surface area is 145 Å². The van der Waals surface area contributed by atoms with Crippen LogP contribution in [0.2, 0.25) is 0 Å². The molecule has 0 aliphatic carbocycles. The molecule has 0 aliphatic rings. The topological polar surface area (TPSA) is 75.7 Å². The smallest absolute Gasteiger partial charge is 0.232 e. The zero-order chi connectivity index (χ0) is 18.2. The average molecular weight is 356 g/mol. The molecule has 1 aromatic carbocycles. The second-order valence-corrected chi connectivity index (χ2v) is 7.86. The average Bonchev–Trinajstić information content (AvgIpc) is 2.47. The minimum atomic E-state index is -3.46. The van der Waals surface area contributed by atoms with E-state index in [9.17, 15) is 13.2 Å². The van der Waals surface area contributed by atoms with Crippen LogP contribution in [0.15, 0.2) is 24.3 Å². The lowest BCUT2D eigenvalue weighted by Crippen LogP contribution is -2.34. The number of carbonyl (C=O) groups is 1. The summed E-state index contributed by atoms with van der Waals surface area (Å²) in [4.78, 5) is 11.8. The molecule has 0 unspecified atom stereocenters. The Hall–Kier alpha value is -1.76. The molecule has 0 bridgehead atoms.